The molecule has 28 heavy (non-hydrogen) atoms. The predicted octanol–water partition coefficient (Wildman–Crippen LogP) is 4.87. The number of ether oxygens (including phenoxy) is 1. The van der Waals surface area contributed by atoms with E-state index in [0.717, 1.165) is 9.13 Å². The van der Waals surface area contributed by atoms with Gasteiger partial charge in [0.25, 0.3) is 11.8 Å². The molecule has 0 bridgehead atoms. The SMILES string of the molecule is Cc1c(NC(=O)COc2ccc(I)cc2)cccc1NC(=O)c1ccccc1. The summed E-state index contributed by atoms with van der Waals surface area (Å²) in [5.41, 5.74) is 2.61. The molecule has 0 aliphatic rings. The number of carbonyl (C=O) groups is 2. The highest BCUT2D eigenvalue weighted by Crippen LogP contribution is 2.24. The van der Waals surface area contributed by atoms with Crippen LogP contribution >= 0.6 is 22.6 Å². The maximum Gasteiger partial charge on any atom is 0.262 e. The fourth-order valence-electron chi connectivity index (χ4n) is 2.56. The molecule has 0 aliphatic heterocycles. The van der Waals surface area contributed by atoms with E-state index in [1.165, 1.54) is 0 Å². The van der Waals surface area contributed by atoms with Crippen LogP contribution in [-0.2, 0) is 4.79 Å². The first-order valence-electron chi connectivity index (χ1n) is 8.67. The van der Waals surface area contributed by atoms with Crippen molar-refractivity contribution >= 4 is 45.8 Å². The zero-order valence-electron chi connectivity index (χ0n) is 15.2. The van der Waals surface area contributed by atoms with Crippen LogP contribution in [0.2, 0.25) is 0 Å². The highest BCUT2D eigenvalue weighted by molar-refractivity contribution is 14.1. The molecule has 0 unspecified atom stereocenters. The molecule has 3 aromatic rings. The van der Waals surface area contributed by atoms with Gasteiger partial charge in [0.1, 0.15) is 5.75 Å². The third-order valence-corrected chi connectivity index (χ3v) is 4.79. The number of nitrogens with one attached hydrogen (secondary N) is 2. The van der Waals surface area contributed by atoms with E-state index in [-0.39, 0.29) is 18.4 Å². The molecule has 0 saturated carbocycles. The lowest BCUT2D eigenvalue weighted by Gasteiger charge is -2.14. The van der Waals surface area contributed by atoms with Gasteiger partial charge in [-0.2, -0.15) is 0 Å². The first-order chi connectivity index (χ1) is 13.5. The number of hydrogen-bond donors (Lipinski definition) is 2. The molecule has 2 amide bonds. The Morgan fingerprint density at radius 3 is 2.18 bits per heavy atom. The topological polar surface area (TPSA) is 67.4 Å². The van der Waals surface area contributed by atoms with Crippen LogP contribution in [0, 0.1) is 10.5 Å². The fourth-order valence-corrected chi connectivity index (χ4v) is 2.92. The first kappa shape index (κ1) is 19.9. The molecular weight excluding hydrogens is 467 g/mol. The van der Waals surface area contributed by atoms with Gasteiger partial charge in [0.05, 0.1) is 0 Å². The summed E-state index contributed by atoms with van der Waals surface area (Å²) >= 11 is 2.21. The maximum absolute atomic E-state index is 12.4. The van der Waals surface area contributed by atoms with Gasteiger partial charge in [-0.1, -0.05) is 24.3 Å². The van der Waals surface area contributed by atoms with Gasteiger partial charge in [-0.25, -0.2) is 0 Å². The van der Waals surface area contributed by atoms with Crippen LogP contribution in [0.3, 0.4) is 0 Å². The average Bonchev–Trinajstić information content (AvgIpc) is 2.71. The molecule has 0 heterocycles. The van der Waals surface area contributed by atoms with E-state index in [0.29, 0.717) is 22.7 Å². The van der Waals surface area contributed by atoms with Crippen molar-refractivity contribution in [3.8, 4) is 5.75 Å². The molecule has 0 atom stereocenters. The molecule has 142 valence electrons. The van der Waals surface area contributed by atoms with Crippen molar-refractivity contribution in [1.29, 1.82) is 0 Å². The molecule has 0 fully saturated rings. The Hall–Kier alpha value is -2.87. The second-order valence-corrected chi connectivity index (χ2v) is 7.33. The zero-order chi connectivity index (χ0) is 19.9. The summed E-state index contributed by atoms with van der Waals surface area (Å²) < 4.78 is 6.60. The fraction of sp³-hybridized carbons (Fsp3) is 0.0909. The molecule has 3 rings (SSSR count). The number of anilines is 2. The van der Waals surface area contributed by atoms with E-state index in [1.54, 1.807) is 30.3 Å². The van der Waals surface area contributed by atoms with E-state index in [1.807, 2.05) is 49.4 Å². The van der Waals surface area contributed by atoms with Crippen LogP contribution < -0.4 is 15.4 Å². The number of hydrogen-bond acceptors (Lipinski definition) is 3. The lowest BCUT2D eigenvalue weighted by molar-refractivity contribution is -0.118. The van der Waals surface area contributed by atoms with Crippen LogP contribution in [-0.4, -0.2) is 18.4 Å². The highest BCUT2D eigenvalue weighted by Gasteiger charge is 2.11. The third-order valence-electron chi connectivity index (χ3n) is 4.08. The van der Waals surface area contributed by atoms with Gasteiger partial charge in [-0.3, -0.25) is 9.59 Å². The maximum atomic E-state index is 12.4. The summed E-state index contributed by atoms with van der Waals surface area (Å²) in [6, 6.07) is 21.8. The number of halogens is 1. The van der Waals surface area contributed by atoms with Crippen LogP contribution in [0.25, 0.3) is 0 Å². The molecule has 0 spiro atoms. The first-order valence-corrected chi connectivity index (χ1v) is 9.75. The standard InChI is InChI=1S/C22H19IN2O3/c1-15-19(24-21(26)14-28-18-12-10-17(23)11-13-18)8-5-9-20(15)25-22(27)16-6-3-2-4-7-16/h2-13H,14H2,1H3,(H,24,26)(H,25,27). The Balaban J connectivity index is 1.62. The van der Waals surface area contributed by atoms with E-state index in [4.69, 9.17) is 4.74 Å². The van der Waals surface area contributed by atoms with Gasteiger partial charge in [0.2, 0.25) is 0 Å². The lowest BCUT2D eigenvalue weighted by Crippen LogP contribution is -2.21. The van der Waals surface area contributed by atoms with E-state index in [9.17, 15) is 9.59 Å². The lowest BCUT2D eigenvalue weighted by atomic mass is 10.1. The van der Waals surface area contributed by atoms with Crippen LogP contribution in [0.1, 0.15) is 15.9 Å². The van der Waals surface area contributed by atoms with Crippen LogP contribution in [0.15, 0.2) is 72.8 Å². The summed E-state index contributed by atoms with van der Waals surface area (Å²) in [6.45, 7) is 1.75. The molecule has 3 aromatic carbocycles. The Morgan fingerprint density at radius 1 is 0.857 bits per heavy atom. The summed E-state index contributed by atoms with van der Waals surface area (Å²) in [6.07, 6.45) is 0. The highest BCUT2D eigenvalue weighted by atomic mass is 127. The number of benzene rings is 3. The van der Waals surface area contributed by atoms with Crippen molar-refractivity contribution < 1.29 is 14.3 Å². The summed E-state index contributed by atoms with van der Waals surface area (Å²) in [5, 5.41) is 5.71. The van der Waals surface area contributed by atoms with E-state index >= 15 is 0 Å². The Kier molecular flexibility index (Phi) is 6.65. The second-order valence-electron chi connectivity index (χ2n) is 6.09. The van der Waals surface area contributed by atoms with E-state index in [2.05, 4.69) is 33.2 Å². The molecule has 6 heteroatoms. The minimum atomic E-state index is -0.270. The van der Waals surface area contributed by atoms with Gasteiger partial charge < -0.3 is 15.4 Å². The van der Waals surface area contributed by atoms with Crippen molar-refractivity contribution in [2.45, 2.75) is 6.92 Å². The number of rotatable bonds is 6. The van der Waals surface area contributed by atoms with Gasteiger partial charge in [0, 0.05) is 20.5 Å². The monoisotopic (exact) mass is 486 g/mol. The average molecular weight is 486 g/mol. The molecule has 0 saturated heterocycles. The molecule has 0 radical (unpaired) electrons. The summed E-state index contributed by atoms with van der Waals surface area (Å²) in [7, 11) is 0. The van der Waals surface area contributed by atoms with Crippen molar-refractivity contribution in [3.63, 3.8) is 0 Å². The summed E-state index contributed by atoms with van der Waals surface area (Å²) in [4.78, 5) is 24.6. The predicted molar refractivity (Wildman–Crippen MR) is 119 cm³/mol. The molecule has 0 aliphatic carbocycles. The van der Waals surface area contributed by atoms with Crippen molar-refractivity contribution in [3.05, 3.63) is 87.5 Å². The molecule has 5 nitrogen and oxygen atoms in total. The van der Waals surface area contributed by atoms with Crippen molar-refractivity contribution in [2.75, 3.05) is 17.2 Å². The van der Waals surface area contributed by atoms with Crippen molar-refractivity contribution in [1.82, 2.24) is 0 Å². The molecule has 2 N–H and O–H groups in total. The van der Waals surface area contributed by atoms with Gasteiger partial charge in [-0.15, -0.1) is 0 Å². The van der Waals surface area contributed by atoms with Crippen LogP contribution in [0.5, 0.6) is 5.75 Å². The zero-order valence-corrected chi connectivity index (χ0v) is 17.4. The molecular formula is C22H19IN2O3. The quantitative estimate of drug-likeness (QED) is 0.489. The van der Waals surface area contributed by atoms with Crippen molar-refractivity contribution in [2.24, 2.45) is 0 Å². The Labute approximate surface area is 177 Å². The molecule has 0 aromatic heterocycles. The minimum absolute atomic E-state index is 0.0966. The largest absolute Gasteiger partial charge is 0.484 e. The van der Waals surface area contributed by atoms with Gasteiger partial charge in [0.15, 0.2) is 6.61 Å². The minimum Gasteiger partial charge on any atom is -0.484 e. The smallest absolute Gasteiger partial charge is 0.262 e. The number of amides is 2. The second kappa shape index (κ2) is 9.36. The number of carbonyl (C=O) groups excluding carboxylic acids is 2. The normalized spacial score (nSPS) is 10.2. The van der Waals surface area contributed by atoms with E-state index < -0.39 is 0 Å². The van der Waals surface area contributed by atoms with Gasteiger partial charge >= 0.3 is 0 Å². The van der Waals surface area contributed by atoms with Gasteiger partial charge in [-0.05, 0) is 83.6 Å². The third kappa shape index (κ3) is 5.32. The van der Waals surface area contributed by atoms with Crippen LogP contribution in [0.4, 0.5) is 11.4 Å². The summed E-state index contributed by atoms with van der Waals surface area (Å²) in [5.74, 6) is 0.165. The Morgan fingerprint density at radius 2 is 1.50 bits per heavy atom. The Bertz CT molecular complexity index is 973.